The van der Waals surface area contributed by atoms with Crippen LogP contribution < -0.4 is 71.2 Å². The monoisotopic (exact) mass is 970 g/mol. The fourth-order valence-electron chi connectivity index (χ4n) is 5.76. The number of thiol groups is 2. The van der Waals surface area contributed by atoms with Gasteiger partial charge < -0.3 is 81.4 Å². The zero-order valence-electron chi connectivity index (χ0n) is 36.6. The predicted octanol–water partition coefficient (Wildman–Crippen LogP) is -5.71. The minimum Gasteiger partial charge on any atom is -0.508 e. The standard InChI is InChI=1S/C39H66N14O11S2/c40-13-3-1-6-24(42)33(58)53-28(20-65)35(60)47-17-30(55)46-18-31(56)49-27(16-22-9-11-23(54)12-10-22)36(61)51-25(8-5-15-45-39(43)44)34(59)48-19-32(57)50-29(21-66)37(62)52-26(38(63)64)7-2-4-14-41/h9-12,24-29,54,65-66H,1-8,13-21,40-42H2,(H,46,55)(H,47,60)(H,48,59)(H,49,56)(H,50,57)(H,51,61)(H,52,62)(H,53,58)(H,63,64)(H4,43,44,45)/t24-,25-,26-,27-,28-,29-/m0/s1. The van der Waals surface area contributed by atoms with Crippen LogP contribution in [0.5, 0.6) is 5.75 Å². The zero-order valence-corrected chi connectivity index (χ0v) is 38.4. The number of guanidine groups is 1. The first-order chi connectivity index (χ1) is 31.3. The fraction of sp³-hybridized carbons (Fsp3) is 0.590. The minimum atomic E-state index is -1.38. The molecule has 1 aromatic carbocycles. The maximum absolute atomic E-state index is 13.8. The van der Waals surface area contributed by atoms with Crippen molar-refractivity contribution in [2.75, 3.05) is 50.8 Å². The van der Waals surface area contributed by atoms with Crippen molar-refractivity contribution in [3.63, 3.8) is 0 Å². The molecule has 0 aliphatic heterocycles. The molecule has 6 atom stereocenters. The van der Waals surface area contributed by atoms with Crippen LogP contribution in [0.15, 0.2) is 29.3 Å². The van der Waals surface area contributed by atoms with Gasteiger partial charge in [0, 0.05) is 24.5 Å². The van der Waals surface area contributed by atoms with Crippen LogP contribution in [0, 0.1) is 0 Å². The average Bonchev–Trinajstić information content (AvgIpc) is 3.28. The molecule has 0 aliphatic carbocycles. The van der Waals surface area contributed by atoms with Gasteiger partial charge in [-0.1, -0.05) is 18.6 Å². The summed E-state index contributed by atoms with van der Waals surface area (Å²) in [5.41, 5.74) is 28.1. The van der Waals surface area contributed by atoms with Crippen molar-refractivity contribution in [1.29, 1.82) is 0 Å². The van der Waals surface area contributed by atoms with Crippen LogP contribution >= 0.6 is 25.3 Å². The Morgan fingerprint density at radius 3 is 1.59 bits per heavy atom. The lowest BCUT2D eigenvalue weighted by Gasteiger charge is -2.24. The summed E-state index contributed by atoms with van der Waals surface area (Å²) in [6, 6.07) is -1.56. The van der Waals surface area contributed by atoms with Gasteiger partial charge in [0.05, 0.1) is 25.7 Å². The Hall–Kier alpha value is -5.90. The summed E-state index contributed by atoms with van der Waals surface area (Å²) in [6.07, 6.45) is 2.62. The smallest absolute Gasteiger partial charge is 0.326 e. The third-order valence-corrected chi connectivity index (χ3v) is 10.1. The molecule has 66 heavy (non-hydrogen) atoms. The number of carboxylic acid groups (broad SMARTS) is 1. The van der Waals surface area contributed by atoms with Crippen molar-refractivity contribution in [3.05, 3.63) is 29.8 Å². The lowest BCUT2D eigenvalue weighted by molar-refractivity contribution is -0.142. The van der Waals surface area contributed by atoms with Gasteiger partial charge >= 0.3 is 5.97 Å². The Kier molecular flexibility index (Phi) is 28.8. The number of carboxylic acids is 1. The number of nitrogens with two attached hydrogens (primary N) is 5. The van der Waals surface area contributed by atoms with Crippen LogP contribution in [-0.2, 0) is 49.6 Å². The van der Waals surface area contributed by atoms with Crippen LogP contribution in [0.3, 0.4) is 0 Å². The number of benzene rings is 1. The number of aromatic hydroxyl groups is 1. The van der Waals surface area contributed by atoms with Crippen LogP contribution in [0.2, 0.25) is 0 Å². The number of aliphatic carboxylic acids is 1. The highest BCUT2D eigenvalue weighted by molar-refractivity contribution is 7.80. The number of aliphatic imine (C=N–C) groups is 1. The van der Waals surface area contributed by atoms with Crippen molar-refractivity contribution in [2.24, 2.45) is 33.7 Å². The second kappa shape index (κ2) is 32.7. The van der Waals surface area contributed by atoms with E-state index in [1.54, 1.807) is 0 Å². The van der Waals surface area contributed by atoms with Gasteiger partial charge in [0.15, 0.2) is 5.96 Å². The second-order valence-corrected chi connectivity index (χ2v) is 15.6. The molecule has 0 aliphatic rings. The molecule has 25 nitrogen and oxygen atoms in total. The van der Waals surface area contributed by atoms with E-state index in [4.69, 9.17) is 28.7 Å². The summed E-state index contributed by atoms with van der Waals surface area (Å²) in [5.74, 6) is -8.27. The molecule has 27 heteroatoms. The molecule has 1 aromatic rings. The largest absolute Gasteiger partial charge is 0.508 e. The highest BCUT2D eigenvalue weighted by Gasteiger charge is 2.29. The number of carbonyl (C=O) groups is 9. The molecule has 20 N–H and O–H groups in total. The van der Waals surface area contributed by atoms with E-state index >= 15 is 0 Å². The Morgan fingerprint density at radius 2 is 1.03 bits per heavy atom. The van der Waals surface area contributed by atoms with E-state index in [9.17, 15) is 53.4 Å². The first kappa shape index (κ1) is 58.1. The Labute approximate surface area is 393 Å². The van der Waals surface area contributed by atoms with Gasteiger partial charge in [0.1, 0.15) is 36.0 Å². The molecule has 0 radical (unpaired) electrons. The lowest BCUT2D eigenvalue weighted by Crippen LogP contribution is -2.57. The molecule has 0 fully saturated rings. The number of unbranched alkanes of at least 4 members (excludes halogenated alkanes) is 2. The lowest BCUT2D eigenvalue weighted by atomic mass is 10.0. The van der Waals surface area contributed by atoms with Crippen molar-refractivity contribution in [3.8, 4) is 5.75 Å². The van der Waals surface area contributed by atoms with Crippen LogP contribution in [0.1, 0.15) is 56.9 Å². The molecular weight excluding hydrogens is 905 g/mol. The number of phenolic OH excluding ortho intramolecular Hbond substituents is 1. The SMILES string of the molecule is NCCCC[C@H](NC(=O)[C@H](CS)NC(=O)CNC(=O)[C@H](CCCN=C(N)N)NC(=O)[C@H](Cc1ccc(O)cc1)NC(=O)CNC(=O)CNC(=O)[C@H](CS)NC(=O)[C@@H](N)CCCCN)C(=O)O. The number of carbonyl (C=O) groups excluding carboxylic acids is 8. The van der Waals surface area contributed by atoms with Crippen molar-refractivity contribution in [1.82, 2.24) is 42.5 Å². The van der Waals surface area contributed by atoms with E-state index in [1.807, 2.05) is 0 Å². The van der Waals surface area contributed by atoms with Crippen LogP contribution in [0.25, 0.3) is 0 Å². The highest BCUT2D eigenvalue weighted by Crippen LogP contribution is 2.12. The molecule has 0 heterocycles. The fourth-order valence-corrected chi connectivity index (χ4v) is 6.28. The summed E-state index contributed by atoms with van der Waals surface area (Å²) in [4.78, 5) is 119. The van der Waals surface area contributed by atoms with E-state index in [0.717, 1.165) is 0 Å². The van der Waals surface area contributed by atoms with Gasteiger partial charge in [-0.05, 0) is 75.7 Å². The van der Waals surface area contributed by atoms with Gasteiger partial charge in [0.2, 0.25) is 47.3 Å². The number of amides is 8. The molecule has 1 rings (SSSR count). The maximum atomic E-state index is 13.8. The molecule has 0 bridgehead atoms. The summed E-state index contributed by atoms with van der Waals surface area (Å²) in [7, 11) is 0. The number of hydrogen-bond donors (Lipinski definition) is 17. The average molecular weight is 971 g/mol. The van der Waals surface area contributed by atoms with E-state index in [1.165, 1.54) is 24.3 Å². The summed E-state index contributed by atoms with van der Waals surface area (Å²) >= 11 is 8.18. The molecule has 370 valence electrons. The zero-order chi connectivity index (χ0) is 49.6. The van der Waals surface area contributed by atoms with Crippen LogP contribution in [0.4, 0.5) is 0 Å². The van der Waals surface area contributed by atoms with Gasteiger partial charge in [-0.25, -0.2) is 4.79 Å². The molecule has 8 amide bonds. The number of nitrogens with zero attached hydrogens (tertiary/aromatic N) is 1. The van der Waals surface area contributed by atoms with E-state index in [0.29, 0.717) is 50.8 Å². The van der Waals surface area contributed by atoms with Gasteiger partial charge in [0.25, 0.3) is 0 Å². The molecule has 0 saturated heterocycles. The second-order valence-electron chi connectivity index (χ2n) is 14.8. The number of nitrogens with one attached hydrogen (secondary N) is 8. The van der Waals surface area contributed by atoms with Crippen LogP contribution in [-0.4, -0.2) is 156 Å². The Balaban J connectivity index is 3.04. The summed E-state index contributed by atoms with van der Waals surface area (Å²) < 4.78 is 0. The number of hydrogen-bond acceptors (Lipinski definition) is 16. The molecule has 0 saturated carbocycles. The van der Waals surface area contributed by atoms with E-state index in [2.05, 4.69) is 72.8 Å². The third-order valence-electron chi connectivity index (χ3n) is 9.42. The topological polar surface area (TPSA) is 433 Å². The van der Waals surface area contributed by atoms with E-state index < -0.39 is 109 Å². The Morgan fingerprint density at radius 1 is 0.561 bits per heavy atom. The number of phenols is 1. The van der Waals surface area contributed by atoms with Crippen molar-refractivity contribution in [2.45, 2.75) is 94.0 Å². The first-order valence-electron chi connectivity index (χ1n) is 21.1. The highest BCUT2D eigenvalue weighted by atomic mass is 32.1. The minimum absolute atomic E-state index is 0.0479. The summed E-state index contributed by atoms with van der Waals surface area (Å²) in [5, 5.41) is 38.6. The molecule has 0 unspecified atom stereocenters. The van der Waals surface area contributed by atoms with E-state index in [-0.39, 0.29) is 55.4 Å². The van der Waals surface area contributed by atoms with Gasteiger partial charge in [-0.15, -0.1) is 0 Å². The quantitative estimate of drug-likeness (QED) is 0.0135. The molecule has 0 spiro atoms. The van der Waals surface area contributed by atoms with Gasteiger partial charge in [-0.3, -0.25) is 43.3 Å². The Bertz CT molecular complexity index is 1790. The maximum Gasteiger partial charge on any atom is 0.326 e. The summed E-state index contributed by atoms with van der Waals surface area (Å²) in [6.45, 7) is -1.11. The van der Waals surface area contributed by atoms with Crippen molar-refractivity contribution < 1.29 is 53.4 Å². The normalized spacial score (nSPS) is 13.5. The third kappa shape index (κ3) is 24.4. The molecular formula is C39H66N14O11S2. The van der Waals surface area contributed by atoms with Gasteiger partial charge in [-0.2, -0.15) is 25.3 Å². The predicted molar refractivity (Wildman–Crippen MR) is 250 cm³/mol. The first-order valence-corrected chi connectivity index (χ1v) is 22.4. The van der Waals surface area contributed by atoms with Crippen molar-refractivity contribution >= 4 is 84.4 Å². The molecule has 0 aromatic heterocycles. The number of rotatable bonds is 33.